The first-order valence-electron chi connectivity index (χ1n) is 10.9. The molecule has 2 aliphatic heterocycles. The Morgan fingerprint density at radius 3 is 2.48 bits per heavy atom. The molecule has 2 atom stereocenters. The quantitative estimate of drug-likeness (QED) is 0.628. The zero-order valence-corrected chi connectivity index (χ0v) is 19.8. The molecule has 33 heavy (non-hydrogen) atoms. The number of rotatable bonds is 7. The molecule has 2 aromatic rings. The number of benzene rings is 2. The Hall–Kier alpha value is -2.88. The first-order chi connectivity index (χ1) is 15.8. The van der Waals surface area contributed by atoms with Gasteiger partial charge in [-0.25, -0.2) is 0 Å². The van der Waals surface area contributed by atoms with E-state index in [1.807, 2.05) is 44.2 Å². The molecule has 0 saturated carbocycles. The second-order valence-electron chi connectivity index (χ2n) is 8.38. The third-order valence-electron chi connectivity index (χ3n) is 5.92. The van der Waals surface area contributed by atoms with Gasteiger partial charge in [-0.2, -0.15) is 12.7 Å². The number of nitrogens with zero attached hydrogens (tertiary/aromatic N) is 2. The van der Waals surface area contributed by atoms with E-state index in [1.54, 1.807) is 36.3 Å². The highest BCUT2D eigenvalue weighted by atomic mass is 32.2. The van der Waals surface area contributed by atoms with E-state index in [2.05, 4.69) is 4.72 Å². The van der Waals surface area contributed by atoms with Gasteiger partial charge in [-0.3, -0.25) is 9.52 Å². The molecule has 1 saturated heterocycles. The minimum absolute atomic E-state index is 0.0508. The molecule has 0 radical (unpaired) electrons. The summed E-state index contributed by atoms with van der Waals surface area (Å²) in [4.78, 5) is 14.9. The molecular formula is C24H29N3O5S. The maximum absolute atomic E-state index is 13.1. The Balaban J connectivity index is 1.45. The summed E-state index contributed by atoms with van der Waals surface area (Å²) in [6.07, 6.45) is 2.96. The predicted octanol–water partition coefficient (Wildman–Crippen LogP) is 2.75. The van der Waals surface area contributed by atoms with Crippen molar-refractivity contribution in [2.24, 2.45) is 0 Å². The summed E-state index contributed by atoms with van der Waals surface area (Å²) in [7, 11) is -2.04. The Morgan fingerprint density at radius 1 is 1.03 bits per heavy atom. The van der Waals surface area contributed by atoms with Crippen LogP contribution in [0.4, 0.5) is 5.69 Å². The van der Waals surface area contributed by atoms with Gasteiger partial charge in [0.25, 0.3) is 5.91 Å². The molecule has 8 nitrogen and oxygen atoms in total. The number of aryl methyl sites for hydroxylation is 2. The molecule has 1 fully saturated rings. The maximum atomic E-state index is 13.1. The highest BCUT2D eigenvalue weighted by Crippen LogP contribution is 2.26. The van der Waals surface area contributed by atoms with E-state index in [0.29, 0.717) is 43.2 Å². The summed E-state index contributed by atoms with van der Waals surface area (Å²) < 4.78 is 40.7. The molecule has 2 aliphatic rings. The number of anilines is 1. The number of nitrogens with one attached hydrogen (secondary N) is 1. The molecule has 2 aromatic carbocycles. The number of amides is 1. The molecule has 1 amide bonds. The second kappa shape index (κ2) is 9.54. The van der Waals surface area contributed by atoms with Crippen LogP contribution in [-0.4, -0.2) is 69.0 Å². The SMILES string of the molecule is COC1CN(C(=O)c2cc(C)ccc2C)CC1Oc1cccc(NS(=O)(=O)N2CC=CC2)c1. The molecule has 0 bridgehead atoms. The van der Waals surface area contributed by atoms with Crippen LogP contribution in [0.15, 0.2) is 54.6 Å². The molecule has 0 aromatic heterocycles. The van der Waals surface area contributed by atoms with Crippen LogP contribution >= 0.6 is 0 Å². The van der Waals surface area contributed by atoms with Crippen molar-refractivity contribution < 1.29 is 22.7 Å². The van der Waals surface area contributed by atoms with Crippen LogP contribution in [0, 0.1) is 13.8 Å². The Morgan fingerprint density at radius 2 is 1.76 bits per heavy atom. The van der Waals surface area contributed by atoms with Crippen LogP contribution < -0.4 is 9.46 Å². The van der Waals surface area contributed by atoms with Gasteiger partial charge in [0.1, 0.15) is 18.0 Å². The zero-order valence-electron chi connectivity index (χ0n) is 19.0. The molecule has 0 aliphatic carbocycles. The van der Waals surface area contributed by atoms with E-state index in [-0.39, 0.29) is 18.1 Å². The third kappa shape index (κ3) is 5.21. The lowest BCUT2D eigenvalue weighted by atomic mass is 10.0. The smallest absolute Gasteiger partial charge is 0.302 e. The van der Waals surface area contributed by atoms with Crippen LogP contribution in [0.1, 0.15) is 21.5 Å². The minimum Gasteiger partial charge on any atom is -0.486 e. The number of carbonyl (C=O) groups excluding carboxylic acids is 1. The Labute approximate surface area is 195 Å². The highest BCUT2D eigenvalue weighted by Gasteiger charge is 2.38. The average molecular weight is 472 g/mol. The topological polar surface area (TPSA) is 88.2 Å². The maximum Gasteiger partial charge on any atom is 0.302 e. The lowest BCUT2D eigenvalue weighted by molar-refractivity contribution is 0.0340. The average Bonchev–Trinajstić information content (AvgIpc) is 3.46. The van der Waals surface area contributed by atoms with E-state index in [0.717, 1.165) is 11.1 Å². The summed E-state index contributed by atoms with van der Waals surface area (Å²) >= 11 is 0. The summed E-state index contributed by atoms with van der Waals surface area (Å²) in [6, 6.07) is 12.6. The fourth-order valence-corrected chi connectivity index (χ4v) is 5.18. The van der Waals surface area contributed by atoms with Crippen molar-refractivity contribution in [3.8, 4) is 5.75 Å². The first-order valence-corrected chi connectivity index (χ1v) is 12.3. The standard InChI is InChI=1S/C24H29N3O5S/c1-17-9-10-18(2)21(13-17)24(28)26-15-22(31-3)23(16-26)32-20-8-6-7-19(14-20)25-33(29,30)27-11-4-5-12-27/h4-10,13-14,22-23,25H,11-12,15-16H2,1-3H3. The fraction of sp³-hybridized carbons (Fsp3) is 0.375. The van der Waals surface area contributed by atoms with Gasteiger partial charge in [-0.05, 0) is 37.6 Å². The highest BCUT2D eigenvalue weighted by molar-refractivity contribution is 7.90. The van der Waals surface area contributed by atoms with E-state index in [9.17, 15) is 13.2 Å². The van der Waals surface area contributed by atoms with Crippen molar-refractivity contribution in [3.63, 3.8) is 0 Å². The van der Waals surface area contributed by atoms with Crippen molar-refractivity contribution in [1.82, 2.24) is 9.21 Å². The lowest BCUT2D eigenvalue weighted by Gasteiger charge is -2.20. The van der Waals surface area contributed by atoms with Gasteiger partial charge >= 0.3 is 10.2 Å². The number of carbonyl (C=O) groups is 1. The molecule has 2 unspecified atom stereocenters. The van der Waals surface area contributed by atoms with Crippen molar-refractivity contribution >= 4 is 21.8 Å². The van der Waals surface area contributed by atoms with Gasteiger partial charge in [0.05, 0.1) is 18.8 Å². The van der Waals surface area contributed by atoms with E-state index >= 15 is 0 Å². The molecular weight excluding hydrogens is 442 g/mol. The Kier molecular flexibility index (Phi) is 6.73. The zero-order chi connectivity index (χ0) is 23.6. The van der Waals surface area contributed by atoms with Crippen LogP contribution in [0.3, 0.4) is 0 Å². The minimum atomic E-state index is -3.64. The van der Waals surface area contributed by atoms with Gasteiger partial charge in [0, 0.05) is 31.8 Å². The van der Waals surface area contributed by atoms with Crippen LogP contribution in [-0.2, 0) is 14.9 Å². The molecule has 4 rings (SSSR count). The van der Waals surface area contributed by atoms with Crippen molar-refractivity contribution in [3.05, 3.63) is 71.3 Å². The predicted molar refractivity (Wildman–Crippen MR) is 127 cm³/mol. The van der Waals surface area contributed by atoms with Crippen LogP contribution in [0.2, 0.25) is 0 Å². The van der Waals surface area contributed by atoms with Gasteiger partial charge < -0.3 is 14.4 Å². The number of ether oxygens (including phenoxy) is 2. The first kappa shape index (κ1) is 23.3. The van der Waals surface area contributed by atoms with Gasteiger partial charge in [-0.1, -0.05) is 35.9 Å². The Bertz CT molecular complexity index is 1160. The molecule has 1 N–H and O–H groups in total. The monoisotopic (exact) mass is 471 g/mol. The number of methoxy groups -OCH3 is 1. The normalized spacial score (nSPS) is 20.9. The third-order valence-corrected chi connectivity index (χ3v) is 7.39. The lowest BCUT2D eigenvalue weighted by Crippen LogP contribution is -2.34. The van der Waals surface area contributed by atoms with E-state index in [1.165, 1.54) is 4.31 Å². The van der Waals surface area contributed by atoms with Crippen molar-refractivity contribution in [2.75, 3.05) is 38.0 Å². The van der Waals surface area contributed by atoms with Gasteiger partial charge in [0.15, 0.2) is 0 Å². The second-order valence-corrected chi connectivity index (χ2v) is 10.1. The molecule has 9 heteroatoms. The number of hydrogen-bond donors (Lipinski definition) is 1. The summed E-state index contributed by atoms with van der Waals surface area (Å²) in [5.41, 5.74) is 3.05. The van der Waals surface area contributed by atoms with Gasteiger partial charge in [-0.15, -0.1) is 0 Å². The molecule has 176 valence electrons. The summed E-state index contributed by atoms with van der Waals surface area (Å²) in [5, 5.41) is 0. The summed E-state index contributed by atoms with van der Waals surface area (Å²) in [6.45, 7) is 5.39. The van der Waals surface area contributed by atoms with Crippen LogP contribution in [0.25, 0.3) is 0 Å². The fourth-order valence-electron chi connectivity index (χ4n) is 4.06. The number of likely N-dealkylation sites (tertiary alicyclic amines) is 1. The molecule has 0 spiro atoms. The van der Waals surface area contributed by atoms with Crippen molar-refractivity contribution in [1.29, 1.82) is 0 Å². The van der Waals surface area contributed by atoms with Gasteiger partial charge in [0.2, 0.25) is 0 Å². The van der Waals surface area contributed by atoms with E-state index < -0.39 is 10.2 Å². The number of hydrogen-bond acceptors (Lipinski definition) is 5. The van der Waals surface area contributed by atoms with Crippen LogP contribution in [0.5, 0.6) is 5.75 Å². The summed E-state index contributed by atoms with van der Waals surface area (Å²) in [5.74, 6) is 0.452. The van der Waals surface area contributed by atoms with Crippen molar-refractivity contribution in [2.45, 2.75) is 26.1 Å². The molecule has 2 heterocycles. The van der Waals surface area contributed by atoms with E-state index in [4.69, 9.17) is 9.47 Å². The largest absolute Gasteiger partial charge is 0.486 e.